The van der Waals surface area contributed by atoms with E-state index in [0.717, 1.165) is 32.4 Å². The van der Waals surface area contributed by atoms with Gasteiger partial charge in [0.05, 0.1) is 7.11 Å². The first-order chi connectivity index (χ1) is 10.6. The first-order valence-corrected chi connectivity index (χ1v) is 8.30. The number of carbonyl (C=O) groups is 1. The SMILES string of the molecule is COc1cc2c(cc1O)CCN1CCC[C@]13CC(=O)CC[C@@H]23. The summed E-state index contributed by atoms with van der Waals surface area (Å²) in [7, 11) is 1.60. The molecule has 1 aromatic rings. The molecule has 4 heteroatoms. The van der Waals surface area contributed by atoms with Crippen LogP contribution in [-0.2, 0) is 11.2 Å². The zero-order valence-electron chi connectivity index (χ0n) is 13.1. The fourth-order valence-corrected chi connectivity index (χ4v) is 5.05. The minimum absolute atomic E-state index is 0.0164. The van der Waals surface area contributed by atoms with Gasteiger partial charge in [-0.15, -0.1) is 0 Å². The second-order valence-corrected chi connectivity index (χ2v) is 6.97. The van der Waals surface area contributed by atoms with Crippen molar-refractivity contribution >= 4 is 5.78 Å². The van der Waals surface area contributed by atoms with Crippen molar-refractivity contribution < 1.29 is 14.6 Å². The van der Waals surface area contributed by atoms with Crippen LogP contribution in [0.25, 0.3) is 0 Å². The number of carbonyl (C=O) groups excluding carboxylic acids is 1. The predicted octanol–water partition coefficient (Wildman–Crippen LogP) is 2.63. The van der Waals surface area contributed by atoms with Crippen LogP contribution in [-0.4, -0.2) is 41.5 Å². The lowest BCUT2D eigenvalue weighted by Crippen LogP contribution is -2.51. The Morgan fingerprint density at radius 2 is 2.18 bits per heavy atom. The van der Waals surface area contributed by atoms with Crippen LogP contribution < -0.4 is 4.74 Å². The minimum atomic E-state index is 0.0164. The lowest BCUT2D eigenvalue weighted by Gasteiger charge is -2.46. The van der Waals surface area contributed by atoms with Crippen molar-refractivity contribution in [1.29, 1.82) is 0 Å². The number of aromatic hydroxyl groups is 1. The second kappa shape index (κ2) is 4.98. The normalized spacial score (nSPS) is 31.1. The van der Waals surface area contributed by atoms with E-state index in [9.17, 15) is 9.90 Å². The van der Waals surface area contributed by atoms with Crippen molar-refractivity contribution in [2.45, 2.75) is 50.0 Å². The van der Waals surface area contributed by atoms with Crippen LogP contribution in [0.15, 0.2) is 12.1 Å². The van der Waals surface area contributed by atoms with E-state index >= 15 is 0 Å². The molecule has 22 heavy (non-hydrogen) atoms. The van der Waals surface area contributed by atoms with E-state index < -0.39 is 0 Å². The molecular weight excluding hydrogens is 278 g/mol. The molecule has 0 unspecified atom stereocenters. The maximum atomic E-state index is 12.2. The summed E-state index contributed by atoms with van der Waals surface area (Å²) in [6, 6.07) is 3.90. The Morgan fingerprint density at radius 1 is 1.32 bits per heavy atom. The number of ether oxygens (including phenoxy) is 1. The molecule has 1 spiro atoms. The molecular formula is C18H23NO3. The second-order valence-electron chi connectivity index (χ2n) is 6.97. The molecule has 1 aliphatic carbocycles. The van der Waals surface area contributed by atoms with Crippen molar-refractivity contribution in [3.63, 3.8) is 0 Å². The Bertz CT molecular complexity index is 627. The monoisotopic (exact) mass is 301 g/mol. The molecule has 2 heterocycles. The van der Waals surface area contributed by atoms with Gasteiger partial charge in [0.25, 0.3) is 0 Å². The molecule has 0 bridgehead atoms. The van der Waals surface area contributed by atoms with Crippen LogP contribution in [0, 0.1) is 0 Å². The Morgan fingerprint density at radius 3 is 3.00 bits per heavy atom. The van der Waals surface area contributed by atoms with Crippen molar-refractivity contribution in [1.82, 2.24) is 4.90 Å². The third kappa shape index (κ3) is 1.89. The smallest absolute Gasteiger partial charge is 0.160 e. The zero-order chi connectivity index (χ0) is 15.3. The van der Waals surface area contributed by atoms with Crippen LogP contribution in [0.4, 0.5) is 0 Å². The number of benzene rings is 1. The van der Waals surface area contributed by atoms with Gasteiger partial charge < -0.3 is 9.84 Å². The third-order valence-electron chi connectivity index (χ3n) is 6.00. The van der Waals surface area contributed by atoms with Crippen molar-refractivity contribution in [3.8, 4) is 11.5 Å². The first kappa shape index (κ1) is 14.1. The molecule has 2 atom stereocenters. The molecule has 3 aliphatic rings. The van der Waals surface area contributed by atoms with E-state index in [0.29, 0.717) is 30.3 Å². The number of hydrogen-bond donors (Lipinski definition) is 1. The molecule has 1 aromatic carbocycles. The van der Waals surface area contributed by atoms with Gasteiger partial charge in [-0.05, 0) is 55.5 Å². The number of Topliss-reactive ketones (excluding diaryl/α,β-unsaturated/α-hetero) is 1. The van der Waals surface area contributed by atoms with Crippen LogP contribution in [0.2, 0.25) is 0 Å². The maximum absolute atomic E-state index is 12.2. The highest BCUT2D eigenvalue weighted by atomic mass is 16.5. The lowest BCUT2D eigenvalue weighted by atomic mass is 9.67. The number of nitrogens with zero attached hydrogens (tertiary/aromatic N) is 1. The van der Waals surface area contributed by atoms with Gasteiger partial charge in [0.1, 0.15) is 5.78 Å². The topological polar surface area (TPSA) is 49.8 Å². The highest BCUT2D eigenvalue weighted by molar-refractivity contribution is 5.81. The average Bonchev–Trinajstić information content (AvgIpc) is 2.83. The Balaban J connectivity index is 1.86. The molecule has 0 amide bonds. The van der Waals surface area contributed by atoms with Gasteiger partial charge >= 0.3 is 0 Å². The van der Waals surface area contributed by atoms with Gasteiger partial charge in [-0.25, -0.2) is 0 Å². The molecule has 0 radical (unpaired) electrons. The highest BCUT2D eigenvalue weighted by Gasteiger charge is 2.52. The fourth-order valence-electron chi connectivity index (χ4n) is 5.05. The molecule has 2 fully saturated rings. The van der Waals surface area contributed by atoms with Gasteiger partial charge in [0, 0.05) is 30.8 Å². The summed E-state index contributed by atoms with van der Waals surface area (Å²) < 4.78 is 5.33. The molecule has 4 nitrogen and oxygen atoms in total. The lowest BCUT2D eigenvalue weighted by molar-refractivity contribution is -0.124. The molecule has 0 aromatic heterocycles. The van der Waals surface area contributed by atoms with Crippen LogP contribution >= 0.6 is 0 Å². The number of methoxy groups -OCH3 is 1. The summed E-state index contributed by atoms with van der Waals surface area (Å²) in [6.07, 6.45) is 5.55. The van der Waals surface area contributed by atoms with Crippen molar-refractivity contribution in [3.05, 3.63) is 23.3 Å². The molecule has 4 rings (SSSR count). The minimum Gasteiger partial charge on any atom is -0.504 e. The number of hydrogen-bond acceptors (Lipinski definition) is 4. The van der Waals surface area contributed by atoms with E-state index in [4.69, 9.17) is 4.74 Å². The fraction of sp³-hybridized carbons (Fsp3) is 0.611. The van der Waals surface area contributed by atoms with Gasteiger partial charge in [0.2, 0.25) is 0 Å². The van der Waals surface area contributed by atoms with E-state index in [-0.39, 0.29) is 11.3 Å². The predicted molar refractivity (Wildman–Crippen MR) is 83.5 cm³/mol. The molecule has 118 valence electrons. The third-order valence-corrected chi connectivity index (χ3v) is 6.00. The maximum Gasteiger partial charge on any atom is 0.160 e. The standard InChI is InChI=1S/C18H23NO3/c1-22-17-10-14-12(9-16(17)21)5-8-19-7-2-6-18(19)11-13(20)3-4-15(14)18/h9-10,15,21H,2-8,11H2,1H3/t15-,18+/m0/s1. The summed E-state index contributed by atoms with van der Waals surface area (Å²) >= 11 is 0. The van der Waals surface area contributed by atoms with Crippen molar-refractivity contribution in [2.75, 3.05) is 20.2 Å². The average molecular weight is 301 g/mol. The summed E-state index contributed by atoms with van der Waals surface area (Å²) in [6.45, 7) is 2.09. The Labute approximate surface area is 131 Å². The number of phenols is 1. The van der Waals surface area contributed by atoms with E-state index in [1.165, 1.54) is 17.5 Å². The van der Waals surface area contributed by atoms with Gasteiger partial charge in [-0.3, -0.25) is 9.69 Å². The van der Waals surface area contributed by atoms with Crippen LogP contribution in [0.5, 0.6) is 11.5 Å². The van der Waals surface area contributed by atoms with E-state index in [2.05, 4.69) is 4.90 Å². The van der Waals surface area contributed by atoms with Crippen molar-refractivity contribution in [2.24, 2.45) is 0 Å². The van der Waals surface area contributed by atoms with E-state index in [1.807, 2.05) is 12.1 Å². The first-order valence-electron chi connectivity index (χ1n) is 8.30. The highest BCUT2D eigenvalue weighted by Crippen LogP contribution is 2.52. The number of fused-ring (bicyclic) bond motifs is 2. The number of ketones is 1. The van der Waals surface area contributed by atoms with Gasteiger partial charge in [0.15, 0.2) is 11.5 Å². The van der Waals surface area contributed by atoms with Gasteiger partial charge in [-0.1, -0.05) is 0 Å². The van der Waals surface area contributed by atoms with E-state index in [1.54, 1.807) is 7.11 Å². The summed E-state index contributed by atoms with van der Waals surface area (Å²) in [5.41, 5.74) is 2.54. The largest absolute Gasteiger partial charge is 0.504 e. The molecule has 1 saturated carbocycles. The summed E-state index contributed by atoms with van der Waals surface area (Å²) in [4.78, 5) is 14.7. The van der Waals surface area contributed by atoms with Crippen LogP contribution in [0.1, 0.15) is 49.1 Å². The molecule has 2 aliphatic heterocycles. The summed E-state index contributed by atoms with van der Waals surface area (Å²) in [5, 5.41) is 10.1. The number of phenolic OH excluding ortho intramolecular Hbond substituents is 1. The number of rotatable bonds is 1. The zero-order valence-corrected chi connectivity index (χ0v) is 13.1. The Hall–Kier alpha value is -1.55. The van der Waals surface area contributed by atoms with Crippen LogP contribution in [0.3, 0.4) is 0 Å². The summed E-state index contributed by atoms with van der Waals surface area (Å²) in [5.74, 6) is 1.58. The quantitative estimate of drug-likeness (QED) is 0.866. The molecule has 1 saturated heterocycles. The van der Waals surface area contributed by atoms with Gasteiger partial charge in [-0.2, -0.15) is 0 Å². The molecule has 1 N–H and O–H groups in total. The Kier molecular flexibility index (Phi) is 3.19.